The fraction of sp³-hybridized carbons (Fsp3) is 0.222. The number of alkyl halides is 2. The SMILES string of the molecule is Cc1cccc(C)c1NC(=O)CNC(=O)c1cccc(OC(F)F)c1. The Morgan fingerprint density at radius 2 is 1.72 bits per heavy atom. The average Bonchev–Trinajstić information content (AvgIpc) is 2.56. The molecule has 0 atom stereocenters. The molecular weight excluding hydrogens is 330 g/mol. The summed E-state index contributed by atoms with van der Waals surface area (Å²) in [5.74, 6) is -1.07. The second-order valence-electron chi connectivity index (χ2n) is 5.40. The maximum Gasteiger partial charge on any atom is 0.387 e. The predicted molar refractivity (Wildman–Crippen MR) is 90.0 cm³/mol. The van der Waals surface area contributed by atoms with E-state index in [0.29, 0.717) is 5.69 Å². The molecule has 0 saturated heterocycles. The third kappa shape index (κ3) is 5.27. The number of carbonyl (C=O) groups excluding carboxylic acids is 2. The molecule has 0 heterocycles. The summed E-state index contributed by atoms with van der Waals surface area (Å²) < 4.78 is 28.7. The lowest BCUT2D eigenvalue weighted by Gasteiger charge is -2.12. The minimum absolute atomic E-state index is 0.123. The Hall–Kier alpha value is -2.96. The Morgan fingerprint density at radius 1 is 1.08 bits per heavy atom. The van der Waals surface area contributed by atoms with Crippen LogP contribution in [0.25, 0.3) is 0 Å². The van der Waals surface area contributed by atoms with Gasteiger partial charge in [0.25, 0.3) is 5.91 Å². The van der Waals surface area contributed by atoms with Gasteiger partial charge in [-0.25, -0.2) is 0 Å². The fourth-order valence-corrected chi connectivity index (χ4v) is 2.27. The molecule has 0 radical (unpaired) electrons. The van der Waals surface area contributed by atoms with Crippen LogP contribution in [0.5, 0.6) is 5.75 Å². The van der Waals surface area contributed by atoms with Crippen molar-refractivity contribution in [1.82, 2.24) is 5.32 Å². The molecule has 0 fully saturated rings. The van der Waals surface area contributed by atoms with E-state index in [-0.39, 0.29) is 23.8 Å². The number of amides is 2. The topological polar surface area (TPSA) is 67.4 Å². The van der Waals surface area contributed by atoms with Gasteiger partial charge in [-0.05, 0) is 43.2 Å². The van der Waals surface area contributed by atoms with Crippen molar-refractivity contribution in [3.8, 4) is 5.75 Å². The van der Waals surface area contributed by atoms with E-state index in [1.165, 1.54) is 24.3 Å². The first kappa shape index (κ1) is 18.4. The number of carbonyl (C=O) groups is 2. The van der Waals surface area contributed by atoms with E-state index in [1.807, 2.05) is 32.0 Å². The smallest absolute Gasteiger partial charge is 0.387 e. The van der Waals surface area contributed by atoms with Gasteiger partial charge >= 0.3 is 6.61 Å². The highest BCUT2D eigenvalue weighted by molar-refractivity contribution is 6.00. The van der Waals surface area contributed by atoms with Crippen LogP contribution in [0.4, 0.5) is 14.5 Å². The quantitative estimate of drug-likeness (QED) is 0.842. The molecule has 2 amide bonds. The van der Waals surface area contributed by atoms with Crippen LogP contribution >= 0.6 is 0 Å². The number of rotatable bonds is 6. The van der Waals surface area contributed by atoms with Gasteiger partial charge in [0.2, 0.25) is 5.91 Å². The number of halogens is 2. The molecule has 0 spiro atoms. The minimum Gasteiger partial charge on any atom is -0.435 e. The second kappa shape index (κ2) is 8.23. The van der Waals surface area contributed by atoms with Crippen LogP contribution < -0.4 is 15.4 Å². The highest BCUT2D eigenvalue weighted by Crippen LogP contribution is 2.19. The van der Waals surface area contributed by atoms with Crippen molar-refractivity contribution in [2.24, 2.45) is 0 Å². The summed E-state index contributed by atoms with van der Waals surface area (Å²) in [4.78, 5) is 24.1. The lowest BCUT2D eigenvalue weighted by atomic mass is 10.1. The van der Waals surface area contributed by atoms with Crippen LogP contribution in [0.1, 0.15) is 21.5 Å². The molecule has 0 saturated carbocycles. The van der Waals surface area contributed by atoms with Crippen LogP contribution in [0.2, 0.25) is 0 Å². The van der Waals surface area contributed by atoms with E-state index < -0.39 is 12.5 Å². The summed E-state index contributed by atoms with van der Waals surface area (Å²) in [6.07, 6.45) is 0. The molecule has 25 heavy (non-hydrogen) atoms. The molecule has 2 rings (SSSR count). The summed E-state index contributed by atoms with van der Waals surface area (Å²) >= 11 is 0. The molecule has 5 nitrogen and oxygen atoms in total. The second-order valence-corrected chi connectivity index (χ2v) is 5.40. The standard InChI is InChI=1S/C18H18F2N2O3/c1-11-5-3-6-12(2)16(11)22-15(23)10-21-17(24)13-7-4-8-14(9-13)25-18(19)20/h3-9,18H,10H2,1-2H3,(H,21,24)(H,22,23). The first-order chi connectivity index (χ1) is 11.9. The van der Waals surface area contributed by atoms with E-state index >= 15 is 0 Å². The Bertz CT molecular complexity index is 758. The molecule has 0 bridgehead atoms. The van der Waals surface area contributed by atoms with Crippen molar-refractivity contribution in [3.63, 3.8) is 0 Å². The largest absolute Gasteiger partial charge is 0.435 e. The van der Waals surface area contributed by atoms with E-state index in [2.05, 4.69) is 15.4 Å². The molecule has 2 aromatic rings. The van der Waals surface area contributed by atoms with Gasteiger partial charge in [0.15, 0.2) is 0 Å². The van der Waals surface area contributed by atoms with Crippen molar-refractivity contribution in [1.29, 1.82) is 0 Å². The zero-order chi connectivity index (χ0) is 18.4. The third-order valence-corrected chi connectivity index (χ3v) is 3.48. The average molecular weight is 348 g/mol. The molecule has 0 aliphatic carbocycles. The van der Waals surface area contributed by atoms with Crippen molar-refractivity contribution >= 4 is 17.5 Å². The fourth-order valence-electron chi connectivity index (χ4n) is 2.27. The molecule has 0 aliphatic heterocycles. The van der Waals surface area contributed by atoms with Gasteiger partial charge in [-0.15, -0.1) is 0 Å². The first-order valence-corrected chi connectivity index (χ1v) is 7.56. The molecule has 132 valence electrons. The predicted octanol–water partition coefficient (Wildman–Crippen LogP) is 3.27. The number of nitrogens with one attached hydrogen (secondary N) is 2. The van der Waals surface area contributed by atoms with Crippen LogP contribution in [-0.4, -0.2) is 25.0 Å². The zero-order valence-corrected chi connectivity index (χ0v) is 13.8. The third-order valence-electron chi connectivity index (χ3n) is 3.48. The van der Waals surface area contributed by atoms with Gasteiger partial charge in [-0.3, -0.25) is 9.59 Å². The Labute approximate surface area is 144 Å². The summed E-state index contributed by atoms with van der Waals surface area (Å²) in [7, 11) is 0. The minimum atomic E-state index is -2.97. The number of ether oxygens (including phenoxy) is 1. The van der Waals surface area contributed by atoms with Crippen molar-refractivity contribution < 1.29 is 23.1 Å². The Morgan fingerprint density at radius 3 is 2.36 bits per heavy atom. The lowest BCUT2D eigenvalue weighted by molar-refractivity contribution is -0.115. The van der Waals surface area contributed by atoms with Gasteiger partial charge < -0.3 is 15.4 Å². The number of aryl methyl sites for hydroxylation is 2. The number of benzene rings is 2. The van der Waals surface area contributed by atoms with Gasteiger partial charge in [0.05, 0.1) is 6.54 Å². The summed E-state index contributed by atoms with van der Waals surface area (Å²) in [6.45, 7) is 0.527. The summed E-state index contributed by atoms with van der Waals surface area (Å²) in [5, 5.41) is 5.19. The molecule has 2 aromatic carbocycles. The highest BCUT2D eigenvalue weighted by atomic mass is 19.3. The number of hydrogen-bond acceptors (Lipinski definition) is 3. The van der Waals surface area contributed by atoms with E-state index in [0.717, 1.165) is 11.1 Å². The molecule has 2 N–H and O–H groups in total. The zero-order valence-electron chi connectivity index (χ0n) is 13.8. The molecule has 0 unspecified atom stereocenters. The van der Waals surface area contributed by atoms with Crippen LogP contribution in [0, 0.1) is 13.8 Å². The molecule has 0 aliphatic rings. The van der Waals surface area contributed by atoms with Gasteiger partial charge in [0.1, 0.15) is 5.75 Å². The van der Waals surface area contributed by atoms with E-state index in [1.54, 1.807) is 0 Å². The summed E-state index contributed by atoms with van der Waals surface area (Å²) in [5.41, 5.74) is 2.65. The van der Waals surface area contributed by atoms with Gasteiger partial charge in [-0.1, -0.05) is 24.3 Å². The van der Waals surface area contributed by atoms with E-state index in [4.69, 9.17) is 0 Å². The number of anilines is 1. The monoisotopic (exact) mass is 348 g/mol. The van der Waals surface area contributed by atoms with Gasteiger partial charge in [-0.2, -0.15) is 8.78 Å². The van der Waals surface area contributed by atoms with Crippen LogP contribution in [0.15, 0.2) is 42.5 Å². The summed E-state index contributed by atoms with van der Waals surface area (Å²) in [6, 6.07) is 11.0. The first-order valence-electron chi connectivity index (χ1n) is 7.56. The maximum absolute atomic E-state index is 12.2. The van der Waals surface area contributed by atoms with Crippen LogP contribution in [0.3, 0.4) is 0 Å². The normalized spacial score (nSPS) is 10.4. The van der Waals surface area contributed by atoms with E-state index in [9.17, 15) is 18.4 Å². The van der Waals surface area contributed by atoms with Crippen molar-refractivity contribution in [2.45, 2.75) is 20.5 Å². The van der Waals surface area contributed by atoms with Crippen LogP contribution in [-0.2, 0) is 4.79 Å². The molecule has 7 heteroatoms. The number of hydrogen-bond donors (Lipinski definition) is 2. The molecular formula is C18H18F2N2O3. The Kier molecular flexibility index (Phi) is 6.05. The maximum atomic E-state index is 12.2. The Balaban J connectivity index is 1.94. The highest BCUT2D eigenvalue weighted by Gasteiger charge is 2.12. The number of para-hydroxylation sites is 1. The van der Waals surface area contributed by atoms with Crippen molar-refractivity contribution in [2.75, 3.05) is 11.9 Å². The lowest BCUT2D eigenvalue weighted by Crippen LogP contribution is -2.33. The molecule has 0 aromatic heterocycles. The van der Waals surface area contributed by atoms with Crippen molar-refractivity contribution in [3.05, 3.63) is 59.2 Å². The van der Waals surface area contributed by atoms with Gasteiger partial charge in [0, 0.05) is 11.3 Å².